The van der Waals surface area contributed by atoms with Crippen molar-refractivity contribution in [1.29, 1.82) is 0 Å². The van der Waals surface area contributed by atoms with Crippen LogP contribution in [-0.2, 0) is 21.4 Å². The first-order valence-electron chi connectivity index (χ1n) is 11.5. The van der Waals surface area contributed by atoms with Crippen molar-refractivity contribution in [3.8, 4) is 0 Å². The van der Waals surface area contributed by atoms with Gasteiger partial charge in [0.05, 0.1) is 6.42 Å². The SMILES string of the molecule is CC(C)(C)C1=CN(CCC(=O)O)C(=O)C[C@@]1(C)c1ccc(CC2CCCCC2)c(Cl)c1. The lowest BCUT2D eigenvalue weighted by atomic mass is 9.63. The van der Waals surface area contributed by atoms with Gasteiger partial charge in [0.2, 0.25) is 5.91 Å². The molecular formula is C26H36ClNO3. The molecule has 3 rings (SSSR count). The number of carboxylic acids is 1. The molecule has 1 heterocycles. The number of carboxylic acid groups (broad SMARTS) is 1. The summed E-state index contributed by atoms with van der Waals surface area (Å²) < 4.78 is 0. The van der Waals surface area contributed by atoms with Crippen molar-refractivity contribution in [3.05, 3.63) is 46.1 Å². The number of carbonyl (C=O) groups is 2. The van der Waals surface area contributed by atoms with E-state index < -0.39 is 11.4 Å². The number of aliphatic carboxylic acids is 1. The zero-order valence-electron chi connectivity index (χ0n) is 19.3. The van der Waals surface area contributed by atoms with Gasteiger partial charge in [0.15, 0.2) is 0 Å². The maximum Gasteiger partial charge on any atom is 0.305 e. The second-order valence-electron chi connectivity index (χ2n) is 10.5. The summed E-state index contributed by atoms with van der Waals surface area (Å²) in [6.07, 6.45) is 9.73. The van der Waals surface area contributed by atoms with Gasteiger partial charge in [0.1, 0.15) is 0 Å². The molecule has 1 fully saturated rings. The molecular weight excluding hydrogens is 410 g/mol. The predicted octanol–water partition coefficient (Wildman–Crippen LogP) is 6.36. The Morgan fingerprint density at radius 3 is 2.48 bits per heavy atom. The Morgan fingerprint density at radius 1 is 1.23 bits per heavy atom. The Balaban J connectivity index is 1.91. The van der Waals surface area contributed by atoms with Crippen molar-refractivity contribution in [2.24, 2.45) is 11.3 Å². The highest BCUT2D eigenvalue weighted by Gasteiger charge is 2.43. The summed E-state index contributed by atoms with van der Waals surface area (Å²) in [4.78, 5) is 25.5. The zero-order valence-corrected chi connectivity index (χ0v) is 20.1. The minimum Gasteiger partial charge on any atom is -0.481 e. The van der Waals surface area contributed by atoms with E-state index in [0.29, 0.717) is 6.42 Å². The van der Waals surface area contributed by atoms with Crippen LogP contribution in [-0.4, -0.2) is 28.4 Å². The molecule has 1 aromatic rings. The zero-order chi connectivity index (χ0) is 22.8. The molecule has 0 bridgehead atoms. The lowest BCUT2D eigenvalue weighted by Gasteiger charge is -2.44. The van der Waals surface area contributed by atoms with E-state index in [2.05, 4.69) is 45.9 Å². The second-order valence-corrected chi connectivity index (χ2v) is 11.0. The molecule has 0 saturated heterocycles. The highest BCUT2D eigenvalue weighted by molar-refractivity contribution is 6.31. The van der Waals surface area contributed by atoms with Gasteiger partial charge < -0.3 is 10.0 Å². The van der Waals surface area contributed by atoms with E-state index in [1.54, 1.807) is 4.90 Å². The Labute approximate surface area is 191 Å². The van der Waals surface area contributed by atoms with Crippen LogP contribution in [0.1, 0.15) is 83.8 Å². The monoisotopic (exact) mass is 445 g/mol. The summed E-state index contributed by atoms with van der Waals surface area (Å²) >= 11 is 6.76. The van der Waals surface area contributed by atoms with Crippen LogP contribution in [0.4, 0.5) is 0 Å². The van der Waals surface area contributed by atoms with Gasteiger partial charge in [-0.3, -0.25) is 9.59 Å². The van der Waals surface area contributed by atoms with Gasteiger partial charge in [-0.05, 0) is 40.5 Å². The normalized spacial score (nSPS) is 23.1. The van der Waals surface area contributed by atoms with Gasteiger partial charge in [0.25, 0.3) is 0 Å². The highest BCUT2D eigenvalue weighted by Crippen LogP contribution is 2.48. The topological polar surface area (TPSA) is 57.6 Å². The number of rotatable bonds is 6. The summed E-state index contributed by atoms with van der Waals surface area (Å²) in [5.74, 6) is -0.219. The summed E-state index contributed by atoms with van der Waals surface area (Å²) in [5.41, 5.74) is 2.73. The Bertz CT molecular complexity index is 864. The van der Waals surface area contributed by atoms with Crippen molar-refractivity contribution < 1.29 is 14.7 Å². The average Bonchev–Trinajstić information content (AvgIpc) is 2.68. The average molecular weight is 446 g/mol. The summed E-state index contributed by atoms with van der Waals surface area (Å²) in [6, 6.07) is 6.35. The van der Waals surface area contributed by atoms with Crippen LogP contribution in [0.5, 0.6) is 0 Å². The largest absolute Gasteiger partial charge is 0.481 e. The molecule has 4 nitrogen and oxygen atoms in total. The molecule has 1 N–H and O–H groups in total. The minimum atomic E-state index is -0.896. The van der Waals surface area contributed by atoms with Gasteiger partial charge >= 0.3 is 5.97 Å². The minimum absolute atomic E-state index is 0.0424. The summed E-state index contributed by atoms with van der Waals surface area (Å²) in [7, 11) is 0. The third-order valence-corrected chi connectivity index (χ3v) is 7.35. The lowest BCUT2D eigenvalue weighted by Crippen LogP contribution is -2.44. The molecule has 1 amide bonds. The third-order valence-electron chi connectivity index (χ3n) is 7.00. The maximum atomic E-state index is 12.9. The fourth-order valence-corrected chi connectivity index (χ4v) is 5.57. The number of nitrogens with zero attached hydrogens (tertiary/aromatic N) is 1. The quantitative estimate of drug-likeness (QED) is 0.554. The highest BCUT2D eigenvalue weighted by atomic mass is 35.5. The maximum absolute atomic E-state index is 12.9. The molecule has 1 aliphatic carbocycles. The smallest absolute Gasteiger partial charge is 0.305 e. The van der Waals surface area contributed by atoms with Crippen molar-refractivity contribution in [3.63, 3.8) is 0 Å². The van der Waals surface area contributed by atoms with Crippen LogP contribution < -0.4 is 0 Å². The van der Waals surface area contributed by atoms with Crippen molar-refractivity contribution in [2.45, 2.75) is 84.5 Å². The molecule has 5 heteroatoms. The fraction of sp³-hybridized carbons (Fsp3) is 0.615. The molecule has 2 aliphatic rings. The molecule has 1 aliphatic heterocycles. The Kier molecular flexibility index (Phi) is 7.20. The number of carbonyl (C=O) groups excluding carboxylic acids is 1. The van der Waals surface area contributed by atoms with E-state index in [9.17, 15) is 9.59 Å². The van der Waals surface area contributed by atoms with Crippen LogP contribution in [0.2, 0.25) is 5.02 Å². The van der Waals surface area contributed by atoms with Crippen LogP contribution in [0.3, 0.4) is 0 Å². The Morgan fingerprint density at radius 2 is 1.90 bits per heavy atom. The first kappa shape index (κ1) is 23.8. The standard InChI is InChI=1S/C26H36ClNO3/c1-25(2,3)22-17-28(13-12-24(30)31)23(29)16-26(22,4)20-11-10-19(21(27)15-20)14-18-8-6-5-7-9-18/h10-11,15,17-18H,5-9,12-14,16H2,1-4H3,(H,30,31)/t26-/m0/s1. The van der Waals surface area contributed by atoms with E-state index in [-0.39, 0.29) is 24.3 Å². The fourth-order valence-electron chi connectivity index (χ4n) is 5.31. The molecule has 1 aromatic carbocycles. The van der Waals surface area contributed by atoms with Crippen LogP contribution in [0.25, 0.3) is 0 Å². The molecule has 1 atom stereocenters. The number of amides is 1. The van der Waals surface area contributed by atoms with E-state index in [1.165, 1.54) is 37.7 Å². The van der Waals surface area contributed by atoms with Gasteiger partial charge in [0, 0.05) is 29.6 Å². The molecule has 0 aromatic heterocycles. The first-order valence-corrected chi connectivity index (χ1v) is 11.9. The van der Waals surface area contributed by atoms with Gasteiger partial charge in [-0.15, -0.1) is 0 Å². The second kappa shape index (κ2) is 9.36. The molecule has 31 heavy (non-hydrogen) atoms. The lowest BCUT2D eigenvalue weighted by molar-refractivity contribution is -0.138. The van der Waals surface area contributed by atoms with Crippen LogP contribution in [0.15, 0.2) is 30.0 Å². The van der Waals surface area contributed by atoms with Crippen LogP contribution >= 0.6 is 11.6 Å². The Hall–Kier alpha value is -1.81. The first-order chi connectivity index (χ1) is 14.5. The van der Waals surface area contributed by atoms with Gasteiger partial charge in [-0.25, -0.2) is 0 Å². The molecule has 0 spiro atoms. The van der Waals surface area contributed by atoms with E-state index in [4.69, 9.17) is 16.7 Å². The number of hydrogen-bond acceptors (Lipinski definition) is 2. The number of allylic oxidation sites excluding steroid dienone is 1. The van der Waals surface area contributed by atoms with Gasteiger partial charge in [-0.1, -0.05) is 83.5 Å². The predicted molar refractivity (Wildman–Crippen MR) is 125 cm³/mol. The number of benzene rings is 1. The van der Waals surface area contributed by atoms with Gasteiger partial charge in [-0.2, -0.15) is 0 Å². The molecule has 170 valence electrons. The van der Waals surface area contributed by atoms with E-state index in [1.807, 2.05) is 6.20 Å². The van der Waals surface area contributed by atoms with Crippen LogP contribution in [0, 0.1) is 11.3 Å². The summed E-state index contributed by atoms with van der Waals surface area (Å²) in [6.45, 7) is 8.73. The number of halogens is 1. The van der Waals surface area contributed by atoms with Crippen molar-refractivity contribution in [2.75, 3.05) is 6.54 Å². The molecule has 0 radical (unpaired) electrons. The third kappa shape index (κ3) is 5.52. The summed E-state index contributed by atoms with van der Waals surface area (Å²) in [5, 5.41) is 9.83. The van der Waals surface area contributed by atoms with Crippen molar-refractivity contribution in [1.82, 2.24) is 4.90 Å². The van der Waals surface area contributed by atoms with Crippen molar-refractivity contribution >= 4 is 23.5 Å². The number of hydrogen-bond donors (Lipinski definition) is 1. The van der Waals surface area contributed by atoms with E-state index in [0.717, 1.165) is 28.5 Å². The molecule has 0 unspecified atom stereocenters. The molecule has 1 saturated carbocycles. The van der Waals surface area contributed by atoms with E-state index >= 15 is 0 Å².